The summed E-state index contributed by atoms with van der Waals surface area (Å²) in [5, 5.41) is 3.85. The van der Waals surface area contributed by atoms with Gasteiger partial charge in [-0.05, 0) is 25.3 Å². The Balaban J connectivity index is 1.71. The second kappa shape index (κ2) is 4.56. The highest BCUT2D eigenvalue weighted by Gasteiger charge is 2.51. The lowest BCUT2D eigenvalue weighted by atomic mass is 9.67. The summed E-state index contributed by atoms with van der Waals surface area (Å²) in [4.78, 5) is 4.45. The molecule has 94 valence electrons. The fourth-order valence-corrected chi connectivity index (χ4v) is 3.80. The fraction of sp³-hybridized carbons (Fsp3) is 0.800. The molecule has 1 saturated carbocycles. The maximum Gasteiger partial charge on any atom is 0.0565 e. The molecule has 2 nitrogen and oxygen atoms in total. The quantitative estimate of drug-likeness (QED) is 0.678. The van der Waals surface area contributed by atoms with E-state index >= 15 is 0 Å². The first kappa shape index (κ1) is 11.5. The summed E-state index contributed by atoms with van der Waals surface area (Å²) in [6, 6.07) is 0. The Kier molecular flexibility index (Phi) is 3.08. The van der Waals surface area contributed by atoms with E-state index in [1.54, 1.807) is 0 Å². The summed E-state index contributed by atoms with van der Waals surface area (Å²) in [7, 11) is 0. The number of nitrogens with one attached hydrogen (secondary N) is 1. The number of hydrogen-bond acceptors (Lipinski definition) is 2. The van der Waals surface area contributed by atoms with Crippen molar-refractivity contribution in [3.63, 3.8) is 0 Å². The van der Waals surface area contributed by atoms with Gasteiger partial charge in [-0.25, -0.2) is 0 Å². The minimum atomic E-state index is 0.239. The Morgan fingerprint density at radius 3 is 2.12 bits per heavy atom. The molecule has 0 amide bonds. The summed E-state index contributed by atoms with van der Waals surface area (Å²) in [5.41, 5.74) is 0.526. The zero-order valence-corrected chi connectivity index (χ0v) is 10.8. The number of hydrogen-bond donors (Lipinski definition) is 1. The van der Waals surface area contributed by atoms with Crippen LogP contribution >= 0.6 is 0 Å². The fourth-order valence-electron chi connectivity index (χ4n) is 3.80. The van der Waals surface area contributed by atoms with Gasteiger partial charge in [0.1, 0.15) is 0 Å². The molecule has 1 saturated heterocycles. The van der Waals surface area contributed by atoms with E-state index in [1.807, 2.05) is 6.20 Å². The molecule has 3 heterocycles. The van der Waals surface area contributed by atoms with Gasteiger partial charge in [-0.2, -0.15) is 0 Å². The Bertz CT molecular complexity index is 294. The summed E-state index contributed by atoms with van der Waals surface area (Å²) < 4.78 is 0. The second-order valence-corrected chi connectivity index (χ2v) is 6.18. The van der Waals surface area contributed by atoms with Crippen LogP contribution in [0.4, 0.5) is 0 Å². The van der Waals surface area contributed by atoms with Gasteiger partial charge < -0.3 is 0 Å². The van der Waals surface area contributed by atoms with Crippen LogP contribution in [0.15, 0.2) is 17.3 Å². The first-order valence-electron chi connectivity index (χ1n) is 7.34. The molecule has 0 aromatic rings. The van der Waals surface area contributed by atoms with Crippen molar-refractivity contribution in [2.75, 3.05) is 0 Å². The van der Waals surface area contributed by atoms with E-state index in [2.05, 4.69) is 22.6 Å². The average molecular weight is 232 g/mol. The maximum absolute atomic E-state index is 4.45. The van der Waals surface area contributed by atoms with Crippen LogP contribution in [0, 0.1) is 0 Å². The Morgan fingerprint density at radius 1 is 0.824 bits per heavy atom. The van der Waals surface area contributed by atoms with Gasteiger partial charge in [-0.3, -0.25) is 10.3 Å². The molecule has 1 N–H and O–H groups in total. The standard InChI is InChI=1S/C15H24N2/c1-2-4-6-8-14-10-11-16-13-15(12-14,17-14)9-7-5-3-1/h10-11,13,17H,1-9,12H2. The first-order chi connectivity index (χ1) is 8.33. The Morgan fingerprint density at radius 2 is 1.41 bits per heavy atom. The third kappa shape index (κ3) is 2.33. The molecule has 2 bridgehead atoms. The van der Waals surface area contributed by atoms with Gasteiger partial charge >= 0.3 is 0 Å². The van der Waals surface area contributed by atoms with Crippen LogP contribution in [0.3, 0.4) is 0 Å². The van der Waals surface area contributed by atoms with Gasteiger partial charge in [-0.15, -0.1) is 0 Å². The van der Waals surface area contributed by atoms with Crippen molar-refractivity contribution in [3.8, 4) is 0 Å². The van der Waals surface area contributed by atoms with Crippen LogP contribution < -0.4 is 5.32 Å². The van der Waals surface area contributed by atoms with Gasteiger partial charge in [0.15, 0.2) is 0 Å². The highest BCUT2D eigenvalue weighted by atomic mass is 15.2. The molecular formula is C15H24N2. The van der Waals surface area contributed by atoms with Crippen molar-refractivity contribution in [3.05, 3.63) is 12.3 Å². The molecule has 4 rings (SSSR count). The summed E-state index contributed by atoms with van der Waals surface area (Å²) in [6.07, 6.45) is 20.2. The van der Waals surface area contributed by atoms with Crippen LogP contribution in [0.5, 0.6) is 0 Å². The zero-order valence-electron chi connectivity index (χ0n) is 10.8. The SMILES string of the molecule is C1=CC23CCCCCCCCCC(C=N1)(C2)N3. The predicted molar refractivity (Wildman–Crippen MR) is 72.4 cm³/mol. The van der Waals surface area contributed by atoms with Gasteiger partial charge in [0.2, 0.25) is 0 Å². The normalized spacial score (nSPS) is 41.9. The zero-order chi connectivity index (χ0) is 11.6. The van der Waals surface area contributed by atoms with Crippen molar-refractivity contribution in [2.45, 2.75) is 75.3 Å². The second-order valence-electron chi connectivity index (χ2n) is 6.18. The highest BCUT2D eigenvalue weighted by Crippen LogP contribution is 2.42. The Labute approximate surface area is 105 Å². The van der Waals surface area contributed by atoms with Gasteiger partial charge in [0, 0.05) is 18.0 Å². The van der Waals surface area contributed by atoms with Crippen molar-refractivity contribution in [1.82, 2.24) is 5.32 Å². The van der Waals surface area contributed by atoms with Crippen LogP contribution in [-0.4, -0.2) is 17.3 Å². The highest BCUT2D eigenvalue weighted by molar-refractivity contribution is 5.75. The molecule has 0 spiro atoms. The predicted octanol–water partition coefficient (Wildman–Crippen LogP) is 3.58. The summed E-state index contributed by atoms with van der Waals surface area (Å²) in [6.45, 7) is 0. The van der Waals surface area contributed by atoms with Crippen molar-refractivity contribution in [1.29, 1.82) is 0 Å². The van der Waals surface area contributed by atoms with Gasteiger partial charge in [0.05, 0.1) is 5.54 Å². The molecule has 4 aliphatic rings. The van der Waals surface area contributed by atoms with E-state index in [9.17, 15) is 0 Å². The average Bonchev–Trinajstić information content (AvgIpc) is 2.54. The largest absolute Gasteiger partial charge is 0.297 e. The van der Waals surface area contributed by atoms with Crippen LogP contribution in [-0.2, 0) is 0 Å². The first-order valence-corrected chi connectivity index (χ1v) is 7.34. The lowest BCUT2D eigenvalue weighted by Gasteiger charge is -2.54. The van der Waals surface area contributed by atoms with Crippen LogP contribution in [0.2, 0.25) is 0 Å². The minimum Gasteiger partial charge on any atom is -0.297 e. The van der Waals surface area contributed by atoms with Crippen molar-refractivity contribution < 1.29 is 0 Å². The molecule has 2 fully saturated rings. The molecule has 0 aromatic heterocycles. The van der Waals surface area contributed by atoms with E-state index in [0.717, 1.165) is 0 Å². The van der Waals surface area contributed by atoms with Gasteiger partial charge in [-0.1, -0.05) is 44.9 Å². The van der Waals surface area contributed by atoms with E-state index in [1.165, 1.54) is 64.2 Å². The molecule has 2 atom stereocenters. The molecule has 1 aliphatic carbocycles. The van der Waals surface area contributed by atoms with Crippen LogP contribution in [0.1, 0.15) is 64.2 Å². The van der Waals surface area contributed by atoms with E-state index < -0.39 is 0 Å². The number of aliphatic imine (C=N–C) groups is 1. The van der Waals surface area contributed by atoms with E-state index in [4.69, 9.17) is 0 Å². The lowest BCUT2D eigenvalue weighted by molar-refractivity contribution is 0.118. The molecular weight excluding hydrogens is 208 g/mol. The summed E-state index contributed by atoms with van der Waals surface area (Å²) >= 11 is 0. The molecule has 2 unspecified atom stereocenters. The lowest BCUT2D eigenvalue weighted by Crippen LogP contribution is -2.71. The van der Waals surface area contributed by atoms with E-state index in [0.29, 0.717) is 0 Å². The Hall–Kier alpha value is -0.630. The van der Waals surface area contributed by atoms with Gasteiger partial charge in [0.25, 0.3) is 0 Å². The molecule has 0 aromatic carbocycles. The molecule has 0 radical (unpaired) electrons. The van der Waals surface area contributed by atoms with Crippen LogP contribution in [0.25, 0.3) is 0 Å². The number of nitrogens with zero attached hydrogens (tertiary/aromatic N) is 1. The third-order valence-electron chi connectivity index (χ3n) is 4.68. The monoisotopic (exact) mass is 232 g/mol. The van der Waals surface area contributed by atoms with E-state index in [-0.39, 0.29) is 11.1 Å². The minimum absolute atomic E-state index is 0.239. The van der Waals surface area contributed by atoms with Crippen molar-refractivity contribution in [2.24, 2.45) is 4.99 Å². The number of fused-ring (bicyclic) bond motifs is 1. The topological polar surface area (TPSA) is 24.4 Å². The smallest absolute Gasteiger partial charge is 0.0565 e. The molecule has 3 aliphatic heterocycles. The molecule has 2 heteroatoms. The summed E-state index contributed by atoms with van der Waals surface area (Å²) in [5.74, 6) is 0. The molecule has 17 heavy (non-hydrogen) atoms. The number of rotatable bonds is 0. The van der Waals surface area contributed by atoms with Crippen molar-refractivity contribution >= 4 is 6.21 Å². The third-order valence-corrected chi connectivity index (χ3v) is 4.68. The maximum atomic E-state index is 4.45.